The molecule has 1 amide bonds. The van der Waals surface area contributed by atoms with Crippen LogP contribution >= 0.6 is 0 Å². The number of aliphatic carboxylic acids is 1. The van der Waals surface area contributed by atoms with Crippen LogP contribution in [0, 0.1) is 6.92 Å². The molecular formula is C17H19NO4. The molecule has 0 fully saturated rings. The highest BCUT2D eigenvalue weighted by atomic mass is 16.4. The maximum absolute atomic E-state index is 12.2. The largest absolute Gasteiger partial charge is 0.481 e. The molecule has 0 unspecified atom stereocenters. The molecule has 1 aromatic carbocycles. The Hall–Kier alpha value is -2.56. The first-order chi connectivity index (χ1) is 10.6. The number of carboxylic acid groups (broad SMARTS) is 1. The fourth-order valence-corrected chi connectivity index (χ4v) is 2.30. The summed E-state index contributed by atoms with van der Waals surface area (Å²) in [5, 5.41) is 11.6. The van der Waals surface area contributed by atoms with Crippen LogP contribution in [0.2, 0.25) is 0 Å². The number of nitrogens with one attached hydrogen (secondary N) is 1. The lowest BCUT2D eigenvalue weighted by atomic mass is 10.1. The van der Waals surface area contributed by atoms with Crippen LogP contribution in [-0.4, -0.2) is 23.5 Å². The SMILES string of the molecule is Cc1coc(CC(=O)O)c1C(=O)NCCCc1ccccc1. The Morgan fingerprint density at radius 3 is 2.64 bits per heavy atom. The van der Waals surface area contributed by atoms with Crippen molar-refractivity contribution >= 4 is 11.9 Å². The van der Waals surface area contributed by atoms with Crippen molar-refractivity contribution < 1.29 is 19.1 Å². The summed E-state index contributed by atoms with van der Waals surface area (Å²) in [5.74, 6) is -1.10. The van der Waals surface area contributed by atoms with Crippen LogP contribution in [0.3, 0.4) is 0 Å². The Kier molecular flexibility index (Phi) is 5.36. The van der Waals surface area contributed by atoms with Crippen LogP contribution in [0.15, 0.2) is 41.0 Å². The van der Waals surface area contributed by atoms with Crippen molar-refractivity contribution in [2.45, 2.75) is 26.2 Å². The lowest BCUT2D eigenvalue weighted by Crippen LogP contribution is -2.26. The Morgan fingerprint density at radius 1 is 1.23 bits per heavy atom. The molecule has 0 bridgehead atoms. The van der Waals surface area contributed by atoms with E-state index in [0.717, 1.165) is 12.8 Å². The number of hydrogen-bond acceptors (Lipinski definition) is 3. The summed E-state index contributed by atoms with van der Waals surface area (Å²) in [6.45, 7) is 2.26. The van der Waals surface area contributed by atoms with E-state index < -0.39 is 5.97 Å². The van der Waals surface area contributed by atoms with E-state index in [-0.39, 0.29) is 18.1 Å². The lowest BCUT2D eigenvalue weighted by Gasteiger charge is -2.06. The summed E-state index contributed by atoms with van der Waals surface area (Å²) in [7, 11) is 0. The summed E-state index contributed by atoms with van der Waals surface area (Å²) in [4.78, 5) is 23.0. The van der Waals surface area contributed by atoms with E-state index in [1.165, 1.54) is 11.8 Å². The van der Waals surface area contributed by atoms with Crippen LogP contribution in [-0.2, 0) is 17.6 Å². The van der Waals surface area contributed by atoms with Crippen LogP contribution in [0.1, 0.15) is 33.7 Å². The molecule has 5 nitrogen and oxygen atoms in total. The number of amides is 1. The van der Waals surface area contributed by atoms with Gasteiger partial charge in [0.1, 0.15) is 12.2 Å². The van der Waals surface area contributed by atoms with Gasteiger partial charge >= 0.3 is 5.97 Å². The summed E-state index contributed by atoms with van der Waals surface area (Å²) in [6.07, 6.45) is 2.83. The number of aryl methyl sites for hydroxylation is 2. The predicted octanol–water partition coefficient (Wildman–Crippen LogP) is 2.58. The molecule has 2 aromatic rings. The molecular weight excluding hydrogens is 282 g/mol. The number of furan rings is 1. The van der Waals surface area contributed by atoms with Crippen LogP contribution in [0.4, 0.5) is 0 Å². The molecule has 22 heavy (non-hydrogen) atoms. The van der Waals surface area contributed by atoms with Gasteiger partial charge in [-0.3, -0.25) is 9.59 Å². The van der Waals surface area contributed by atoms with Crippen molar-refractivity contribution in [2.24, 2.45) is 0 Å². The minimum atomic E-state index is -1.02. The van der Waals surface area contributed by atoms with Crippen LogP contribution in [0.25, 0.3) is 0 Å². The van der Waals surface area contributed by atoms with Crippen molar-refractivity contribution in [3.8, 4) is 0 Å². The van der Waals surface area contributed by atoms with Gasteiger partial charge in [-0.1, -0.05) is 30.3 Å². The highest BCUT2D eigenvalue weighted by Crippen LogP contribution is 2.17. The second-order valence-corrected chi connectivity index (χ2v) is 5.13. The van der Waals surface area contributed by atoms with Gasteiger partial charge in [0.15, 0.2) is 0 Å². The first-order valence-corrected chi connectivity index (χ1v) is 7.19. The third kappa shape index (κ3) is 4.22. The minimum Gasteiger partial charge on any atom is -0.481 e. The molecule has 1 heterocycles. The zero-order valence-electron chi connectivity index (χ0n) is 12.5. The van der Waals surface area contributed by atoms with Crippen LogP contribution < -0.4 is 5.32 Å². The van der Waals surface area contributed by atoms with Gasteiger partial charge in [0.2, 0.25) is 0 Å². The second kappa shape index (κ2) is 7.45. The zero-order chi connectivity index (χ0) is 15.9. The maximum Gasteiger partial charge on any atom is 0.311 e. The molecule has 0 aliphatic rings. The number of benzene rings is 1. The van der Waals surface area contributed by atoms with E-state index in [2.05, 4.69) is 5.32 Å². The third-order valence-corrected chi connectivity index (χ3v) is 3.36. The van der Waals surface area contributed by atoms with E-state index in [9.17, 15) is 9.59 Å². The van der Waals surface area contributed by atoms with E-state index in [0.29, 0.717) is 17.7 Å². The van der Waals surface area contributed by atoms with Gasteiger partial charge in [-0.2, -0.15) is 0 Å². The monoisotopic (exact) mass is 301 g/mol. The molecule has 1 aromatic heterocycles. The molecule has 0 aliphatic carbocycles. The van der Waals surface area contributed by atoms with Crippen molar-refractivity contribution in [2.75, 3.05) is 6.54 Å². The lowest BCUT2D eigenvalue weighted by molar-refractivity contribution is -0.136. The fourth-order valence-electron chi connectivity index (χ4n) is 2.30. The minimum absolute atomic E-state index is 0.200. The molecule has 2 N–H and O–H groups in total. The van der Waals surface area contributed by atoms with E-state index in [1.807, 2.05) is 30.3 Å². The van der Waals surface area contributed by atoms with E-state index in [1.54, 1.807) is 6.92 Å². The topological polar surface area (TPSA) is 79.5 Å². The number of rotatable bonds is 7. The van der Waals surface area contributed by atoms with Gasteiger partial charge in [0.25, 0.3) is 5.91 Å². The van der Waals surface area contributed by atoms with Crippen molar-refractivity contribution in [1.82, 2.24) is 5.32 Å². The Balaban J connectivity index is 1.87. The van der Waals surface area contributed by atoms with Gasteiger partial charge in [-0.25, -0.2) is 0 Å². The fraction of sp³-hybridized carbons (Fsp3) is 0.294. The number of hydrogen-bond donors (Lipinski definition) is 2. The van der Waals surface area contributed by atoms with Crippen molar-refractivity contribution in [3.05, 3.63) is 59.0 Å². The second-order valence-electron chi connectivity index (χ2n) is 5.13. The quantitative estimate of drug-likeness (QED) is 0.770. The smallest absolute Gasteiger partial charge is 0.311 e. The first-order valence-electron chi connectivity index (χ1n) is 7.19. The predicted molar refractivity (Wildman–Crippen MR) is 81.9 cm³/mol. The highest BCUT2D eigenvalue weighted by Gasteiger charge is 2.19. The van der Waals surface area contributed by atoms with Gasteiger partial charge in [0, 0.05) is 12.1 Å². The molecule has 0 atom stereocenters. The Labute approximate surface area is 129 Å². The molecule has 5 heteroatoms. The maximum atomic E-state index is 12.2. The zero-order valence-corrected chi connectivity index (χ0v) is 12.5. The third-order valence-electron chi connectivity index (χ3n) is 3.36. The highest BCUT2D eigenvalue weighted by molar-refractivity contribution is 5.97. The molecule has 0 saturated carbocycles. The summed E-state index contributed by atoms with van der Waals surface area (Å²) in [6, 6.07) is 10.0. The van der Waals surface area contributed by atoms with Gasteiger partial charge < -0.3 is 14.8 Å². The normalized spacial score (nSPS) is 10.4. The molecule has 0 saturated heterocycles. The molecule has 0 aliphatic heterocycles. The standard InChI is InChI=1S/C17H19NO4/c1-12-11-22-14(10-15(19)20)16(12)17(21)18-9-5-8-13-6-3-2-4-7-13/h2-4,6-7,11H,5,8-10H2,1H3,(H,18,21)(H,19,20). The molecule has 116 valence electrons. The van der Waals surface area contributed by atoms with Gasteiger partial charge in [0.05, 0.1) is 11.8 Å². The van der Waals surface area contributed by atoms with Gasteiger partial charge in [-0.15, -0.1) is 0 Å². The van der Waals surface area contributed by atoms with Gasteiger partial charge in [-0.05, 0) is 25.3 Å². The Bertz CT molecular complexity index is 646. The molecule has 0 radical (unpaired) electrons. The van der Waals surface area contributed by atoms with Crippen LogP contribution in [0.5, 0.6) is 0 Å². The first kappa shape index (κ1) is 15.8. The number of carbonyl (C=O) groups excluding carboxylic acids is 1. The molecule has 2 rings (SSSR count). The number of carboxylic acids is 1. The average molecular weight is 301 g/mol. The Morgan fingerprint density at radius 2 is 1.95 bits per heavy atom. The molecule has 0 spiro atoms. The van der Waals surface area contributed by atoms with E-state index >= 15 is 0 Å². The summed E-state index contributed by atoms with van der Waals surface area (Å²) >= 11 is 0. The average Bonchev–Trinajstić information content (AvgIpc) is 2.84. The van der Waals surface area contributed by atoms with E-state index in [4.69, 9.17) is 9.52 Å². The summed E-state index contributed by atoms with van der Waals surface area (Å²) in [5.41, 5.74) is 2.21. The number of carbonyl (C=O) groups is 2. The summed E-state index contributed by atoms with van der Waals surface area (Å²) < 4.78 is 5.16. The van der Waals surface area contributed by atoms with Crippen molar-refractivity contribution in [3.63, 3.8) is 0 Å². The van der Waals surface area contributed by atoms with Crippen molar-refractivity contribution in [1.29, 1.82) is 0 Å².